The second-order valence-corrected chi connectivity index (χ2v) is 5.19. The molecule has 0 aromatic heterocycles. The Morgan fingerprint density at radius 3 is 2.76 bits per heavy atom. The van der Waals surface area contributed by atoms with Crippen molar-refractivity contribution in [2.75, 3.05) is 34.3 Å². The summed E-state index contributed by atoms with van der Waals surface area (Å²) in [5.41, 5.74) is -0.431. The third-order valence-electron chi connectivity index (χ3n) is 3.86. The van der Waals surface area contributed by atoms with E-state index < -0.39 is 5.54 Å². The van der Waals surface area contributed by atoms with Gasteiger partial charge in [-0.05, 0) is 32.9 Å². The van der Waals surface area contributed by atoms with E-state index >= 15 is 0 Å². The average Bonchev–Trinajstić information content (AvgIpc) is 2.71. The number of carbonyl (C=O) groups excluding carboxylic acids is 1. The van der Waals surface area contributed by atoms with Crippen LogP contribution in [0.25, 0.3) is 0 Å². The van der Waals surface area contributed by atoms with E-state index in [1.165, 1.54) is 7.11 Å². The van der Waals surface area contributed by atoms with E-state index in [0.29, 0.717) is 5.92 Å². The van der Waals surface area contributed by atoms with Crippen LogP contribution < -0.4 is 5.32 Å². The van der Waals surface area contributed by atoms with Crippen LogP contribution in [0.2, 0.25) is 0 Å². The fraction of sp³-hybridized carbons (Fsp3) is 0.923. The third-order valence-corrected chi connectivity index (χ3v) is 3.86. The Bertz CT molecular complexity index is 256. The number of ether oxygens (including phenoxy) is 1. The first-order valence-corrected chi connectivity index (χ1v) is 6.55. The van der Waals surface area contributed by atoms with Gasteiger partial charge in [-0.25, -0.2) is 0 Å². The number of hydrogen-bond donors (Lipinski definition) is 1. The van der Waals surface area contributed by atoms with Gasteiger partial charge in [-0.15, -0.1) is 0 Å². The molecule has 1 aliphatic rings. The first-order chi connectivity index (χ1) is 8.06. The molecule has 0 aromatic carbocycles. The molecule has 1 rings (SSSR count). The molecule has 0 aromatic rings. The lowest BCUT2D eigenvalue weighted by atomic mass is 9.85. The lowest BCUT2D eigenvalue weighted by Crippen LogP contribution is -2.56. The zero-order valence-corrected chi connectivity index (χ0v) is 11.6. The van der Waals surface area contributed by atoms with E-state index in [9.17, 15) is 4.79 Å². The molecule has 0 radical (unpaired) electrons. The van der Waals surface area contributed by atoms with Crippen molar-refractivity contribution >= 4 is 5.97 Å². The van der Waals surface area contributed by atoms with Crippen LogP contribution in [-0.2, 0) is 9.53 Å². The highest BCUT2D eigenvalue weighted by molar-refractivity contribution is 5.81. The number of esters is 1. The summed E-state index contributed by atoms with van der Waals surface area (Å²) in [6, 6.07) is 0. The molecular formula is C13H26N2O2. The molecule has 0 spiro atoms. The Balaban J connectivity index is 2.69. The van der Waals surface area contributed by atoms with Crippen LogP contribution in [-0.4, -0.2) is 50.7 Å². The fourth-order valence-electron chi connectivity index (χ4n) is 2.89. The van der Waals surface area contributed by atoms with Crippen molar-refractivity contribution in [1.29, 1.82) is 0 Å². The highest BCUT2D eigenvalue weighted by Gasteiger charge is 2.48. The van der Waals surface area contributed by atoms with E-state index in [4.69, 9.17) is 4.74 Å². The van der Waals surface area contributed by atoms with Crippen LogP contribution in [0.3, 0.4) is 0 Å². The lowest BCUT2D eigenvalue weighted by molar-refractivity contribution is -0.150. The molecule has 0 amide bonds. The van der Waals surface area contributed by atoms with Crippen LogP contribution in [0.15, 0.2) is 0 Å². The van der Waals surface area contributed by atoms with Crippen molar-refractivity contribution in [3.8, 4) is 0 Å². The van der Waals surface area contributed by atoms with Crippen molar-refractivity contribution in [3.63, 3.8) is 0 Å². The second kappa shape index (κ2) is 6.36. The van der Waals surface area contributed by atoms with Gasteiger partial charge in [0, 0.05) is 13.1 Å². The Kier molecular flexibility index (Phi) is 5.40. The zero-order valence-electron chi connectivity index (χ0n) is 11.6. The van der Waals surface area contributed by atoms with Crippen molar-refractivity contribution < 1.29 is 9.53 Å². The van der Waals surface area contributed by atoms with Gasteiger partial charge in [0.05, 0.1) is 7.11 Å². The summed E-state index contributed by atoms with van der Waals surface area (Å²) < 4.78 is 5.01. The third kappa shape index (κ3) is 3.19. The van der Waals surface area contributed by atoms with Gasteiger partial charge in [-0.2, -0.15) is 0 Å². The summed E-state index contributed by atoms with van der Waals surface area (Å²) in [5, 5.41) is 3.46. The van der Waals surface area contributed by atoms with E-state index in [0.717, 1.165) is 38.8 Å². The SMILES string of the molecule is CCC1CCCC1(NCCN(C)C)C(=O)OC. The van der Waals surface area contributed by atoms with Gasteiger partial charge in [0.25, 0.3) is 0 Å². The maximum absolute atomic E-state index is 12.1. The summed E-state index contributed by atoms with van der Waals surface area (Å²) in [6.07, 6.45) is 4.18. The smallest absolute Gasteiger partial charge is 0.326 e. The van der Waals surface area contributed by atoms with Crippen molar-refractivity contribution in [3.05, 3.63) is 0 Å². The molecule has 0 saturated heterocycles. The first kappa shape index (κ1) is 14.5. The minimum atomic E-state index is -0.431. The number of carbonyl (C=O) groups is 1. The monoisotopic (exact) mass is 242 g/mol. The molecule has 1 aliphatic carbocycles. The average molecular weight is 242 g/mol. The van der Waals surface area contributed by atoms with Gasteiger partial charge in [-0.1, -0.05) is 19.8 Å². The summed E-state index contributed by atoms with van der Waals surface area (Å²) in [4.78, 5) is 14.2. The van der Waals surface area contributed by atoms with Crippen molar-refractivity contribution in [2.24, 2.45) is 5.92 Å². The molecule has 2 unspecified atom stereocenters. The van der Waals surface area contributed by atoms with Gasteiger partial charge < -0.3 is 15.0 Å². The minimum absolute atomic E-state index is 0.0828. The Hall–Kier alpha value is -0.610. The van der Waals surface area contributed by atoms with E-state index in [1.54, 1.807) is 0 Å². The second-order valence-electron chi connectivity index (χ2n) is 5.19. The highest BCUT2D eigenvalue weighted by atomic mass is 16.5. The number of nitrogens with zero attached hydrogens (tertiary/aromatic N) is 1. The van der Waals surface area contributed by atoms with Crippen LogP contribution in [0.1, 0.15) is 32.6 Å². The van der Waals surface area contributed by atoms with Crippen molar-refractivity contribution in [2.45, 2.75) is 38.1 Å². The van der Waals surface area contributed by atoms with Gasteiger partial charge >= 0.3 is 5.97 Å². The number of nitrogens with one attached hydrogen (secondary N) is 1. The molecule has 4 nitrogen and oxygen atoms in total. The Morgan fingerprint density at radius 2 is 2.24 bits per heavy atom. The normalized spacial score (nSPS) is 28.6. The highest BCUT2D eigenvalue weighted by Crippen LogP contribution is 2.38. The standard InChI is InChI=1S/C13H26N2O2/c1-5-11-7-6-8-13(11,12(16)17-4)14-9-10-15(2)3/h11,14H,5-10H2,1-4H3. The molecule has 17 heavy (non-hydrogen) atoms. The molecular weight excluding hydrogens is 216 g/mol. The van der Waals surface area contributed by atoms with E-state index in [1.807, 2.05) is 14.1 Å². The van der Waals surface area contributed by atoms with Crippen LogP contribution >= 0.6 is 0 Å². The molecule has 0 heterocycles. The van der Waals surface area contributed by atoms with Crippen molar-refractivity contribution in [1.82, 2.24) is 10.2 Å². The molecule has 1 N–H and O–H groups in total. The molecule has 1 saturated carbocycles. The van der Waals surface area contributed by atoms with Crippen LogP contribution in [0, 0.1) is 5.92 Å². The van der Waals surface area contributed by atoms with Gasteiger partial charge in [0.1, 0.15) is 5.54 Å². The summed E-state index contributed by atoms with van der Waals surface area (Å²) in [6.45, 7) is 3.93. The summed E-state index contributed by atoms with van der Waals surface area (Å²) in [5.74, 6) is 0.331. The fourth-order valence-corrected chi connectivity index (χ4v) is 2.89. The quantitative estimate of drug-likeness (QED) is 0.712. The number of hydrogen-bond acceptors (Lipinski definition) is 4. The summed E-state index contributed by atoms with van der Waals surface area (Å²) >= 11 is 0. The largest absolute Gasteiger partial charge is 0.468 e. The Labute approximate surface area is 105 Å². The molecule has 100 valence electrons. The predicted molar refractivity (Wildman–Crippen MR) is 68.9 cm³/mol. The molecule has 1 fully saturated rings. The zero-order chi connectivity index (χ0) is 12.9. The van der Waals surface area contributed by atoms with Crippen LogP contribution in [0.5, 0.6) is 0 Å². The van der Waals surface area contributed by atoms with E-state index in [2.05, 4.69) is 17.1 Å². The molecule has 0 aliphatic heterocycles. The number of likely N-dealkylation sites (N-methyl/N-ethyl adjacent to an activating group) is 1. The van der Waals surface area contributed by atoms with Gasteiger partial charge in [0.2, 0.25) is 0 Å². The predicted octanol–water partition coefficient (Wildman–Crippen LogP) is 1.26. The minimum Gasteiger partial charge on any atom is -0.468 e. The van der Waals surface area contributed by atoms with Crippen LogP contribution in [0.4, 0.5) is 0 Å². The maximum Gasteiger partial charge on any atom is 0.326 e. The number of rotatable bonds is 6. The number of methoxy groups -OCH3 is 1. The molecule has 4 heteroatoms. The van der Waals surface area contributed by atoms with Gasteiger partial charge in [0.15, 0.2) is 0 Å². The van der Waals surface area contributed by atoms with Gasteiger partial charge in [-0.3, -0.25) is 4.79 Å². The van der Waals surface area contributed by atoms with E-state index in [-0.39, 0.29) is 5.97 Å². The summed E-state index contributed by atoms with van der Waals surface area (Å²) in [7, 11) is 5.57. The molecule has 2 atom stereocenters. The Morgan fingerprint density at radius 1 is 1.53 bits per heavy atom. The molecule has 0 bridgehead atoms. The first-order valence-electron chi connectivity index (χ1n) is 6.55. The topological polar surface area (TPSA) is 41.6 Å². The maximum atomic E-state index is 12.1. The lowest BCUT2D eigenvalue weighted by Gasteiger charge is -2.34.